The number of thioether (sulfide) groups is 1. The zero-order chi connectivity index (χ0) is 17.4. The van der Waals surface area contributed by atoms with Crippen LogP contribution in [0, 0.1) is 0 Å². The fourth-order valence-corrected chi connectivity index (χ4v) is 3.30. The Morgan fingerprint density at radius 1 is 1.36 bits per heavy atom. The molecule has 9 heteroatoms. The third kappa shape index (κ3) is 3.14. The first-order chi connectivity index (χ1) is 12.1. The number of fused-ring (bicyclic) bond motifs is 1. The number of nitrogens with one attached hydrogen (secondary N) is 1. The second-order valence-corrected chi connectivity index (χ2v) is 6.78. The molecule has 1 aromatic carbocycles. The van der Waals surface area contributed by atoms with Crippen molar-refractivity contribution in [2.75, 3.05) is 11.1 Å². The lowest BCUT2D eigenvalue weighted by molar-refractivity contribution is -0.113. The van der Waals surface area contributed by atoms with Crippen molar-refractivity contribution >= 4 is 40.1 Å². The maximum absolute atomic E-state index is 12.4. The van der Waals surface area contributed by atoms with E-state index in [-0.39, 0.29) is 23.2 Å². The number of ketones is 1. The molecule has 0 radical (unpaired) electrons. The third-order valence-electron chi connectivity index (χ3n) is 3.87. The highest BCUT2D eigenvalue weighted by Gasteiger charge is 2.28. The van der Waals surface area contributed by atoms with Crippen LogP contribution in [0.3, 0.4) is 0 Å². The van der Waals surface area contributed by atoms with Crippen LogP contribution in [0.5, 0.6) is 0 Å². The van der Waals surface area contributed by atoms with E-state index in [0.717, 1.165) is 12.8 Å². The molecule has 3 aromatic rings. The van der Waals surface area contributed by atoms with Crippen molar-refractivity contribution in [3.8, 4) is 0 Å². The Labute approximate surface area is 146 Å². The molecule has 0 unspecified atom stereocenters. The van der Waals surface area contributed by atoms with Crippen molar-refractivity contribution in [1.29, 1.82) is 0 Å². The van der Waals surface area contributed by atoms with Gasteiger partial charge in [-0.1, -0.05) is 23.9 Å². The molecule has 1 fully saturated rings. The van der Waals surface area contributed by atoms with Gasteiger partial charge in [0.25, 0.3) is 0 Å². The van der Waals surface area contributed by atoms with E-state index in [1.54, 1.807) is 10.7 Å². The van der Waals surface area contributed by atoms with Gasteiger partial charge in [-0.25, -0.2) is 4.68 Å². The molecule has 25 heavy (non-hydrogen) atoms. The molecule has 0 atom stereocenters. The van der Waals surface area contributed by atoms with Crippen LogP contribution in [-0.2, 0) is 4.79 Å². The molecule has 1 N–H and O–H groups in total. The highest BCUT2D eigenvalue weighted by atomic mass is 32.2. The average Bonchev–Trinajstić information content (AvgIpc) is 3.22. The molecule has 4 rings (SSSR count). The first-order valence-electron chi connectivity index (χ1n) is 7.86. The number of furan rings is 1. The molecule has 1 aliphatic carbocycles. The Kier molecular flexibility index (Phi) is 4.00. The quantitative estimate of drug-likeness (QED) is 0.534. The Morgan fingerprint density at radius 3 is 2.92 bits per heavy atom. The summed E-state index contributed by atoms with van der Waals surface area (Å²) >= 11 is 1.27. The summed E-state index contributed by atoms with van der Waals surface area (Å²) in [6, 6.07) is 7.56. The Bertz CT molecular complexity index is 960. The molecule has 0 bridgehead atoms. The summed E-state index contributed by atoms with van der Waals surface area (Å²) in [5.41, 5.74) is 0.976. The molecule has 0 aliphatic heterocycles. The zero-order valence-corrected chi connectivity index (χ0v) is 14.2. The van der Waals surface area contributed by atoms with Crippen LogP contribution in [0.15, 0.2) is 33.8 Å². The highest BCUT2D eigenvalue weighted by Crippen LogP contribution is 2.36. The molecule has 0 spiro atoms. The van der Waals surface area contributed by atoms with Gasteiger partial charge in [-0.3, -0.25) is 9.59 Å². The number of hydrogen-bond acceptors (Lipinski definition) is 7. The Morgan fingerprint density at radius 2 is 2.16 bits per heavy atom. The maximum Gasteiger partial charge on any atom is 0.234 e. The van der Waals surface area contributed by atoms with Crippen LogP contribution >= 0.6 is 11.8 Å². The molecule has 2 heterocycles. The zero-order valence-electron chi connectivity index (χ0n) is 13.4. The second kappa shape index (κ2) is 6.32. The SMILES string of the molecule is CC(=O)c1oc2ccccc2c1NC(=O)CSc1nnnn1C1CC1. The number of rotatable bonds is 6. The van der Waals surface area contributed by atoms with Crippen LogP contribution in [0.1, 0.15) is 36.4 Å². The maximum atomic E-state index is 12.4. The number of para-hydroxylation sites is 1. The molecular weight excluding hydrogens is 342 g/mol. The minimum absolute atomic E-state index is 0.143. The average molecular weight is 357 g/mol. The van der Waals surface area contributed by atoms with Crippen LogP contribution in [0.25, 0.3) is 11.0 Å². The first-order valence-corrected chi connectivity index (χ1v) is 8.85. The van der Waals surface area contributed by atoms with Crippen molar-refractivity contribution in [2.45, 2.75) is 31.0 Å². The van der Waals surface area contributed by atoms with Gasteiger partial charge in [-0.2, -0.15) is 0 Å². The number of aromatic nitrogens is 4. The predicted octanol–water partition coefficient (Wildman–Crippen LogP) is 2.69. The molecule has 1 aliphatic rings. The van der Waals surface area contributed by atoms with Crippen LogP contribution < -0.4 is 5.32 Å². The van der Waals surface area contributed by atoms with Gasteiger partial charge >= 0.3 is 0 Å². The fourth-order valence-electron chi connectivity index (χ4n) is 2.55. The lowest BCUT2D eigenvalue weighted by Gasteiger charge is -2.05. The Hall–Kier alpha value is -2.68. The number of nitrogens with zero attached hydrogens (tertiary/aromatic N) is 4. The summed E-state index contributed by atoms with van der Waals surface area (Å²) in [6.45, 7) is 1.41. The molecule has 2 aromatic heterocycles. The molecule has 1 amide bonds. The number of benzene rings is 1. The molecule has 128 valence electrons. The predicted molar refractivity (Wildman–Crippen MR) is 91.7 cm³/mol. The van der Waals surface area contributed by atoms with Crippen LogP contribution in [-0.4, -0.2) is 37.7 Å². The standard InChI is InChI=1S/C16H15N5O3S/c1-9(22)15-14(11-4-2-3-5-12(11)24-15)17-13(23)8-25-16-18-19-20-21(16)10-6-7-10/h2-5,10H,6-8H2,1H3,(H,17,23). The minimum atomic E-state index is -0.246. The number of amides is 1. The molecule has 8 nitrogen and oxygen atoms in total. The topological polar surface area (TPSA) is 103 Å². The minimum Gasteiger partial charge on any atom is -0.451 e. The van der Waals surface area contributed by atoms with Gasteiger partial charge in [0.2, 0.25) is 11.1 Å². The van der Waals surface area contributed by atoms with Crippen molar-refractivity contribution in [1.82, 2.24) is 20.2 Å². The van der Waals surface area contributed by atoms with E-state index in [1.165, 1.54) is 18.7 Å². The van der Waals surface area contributed by atoms with E-state index in [2.05, 4.69) is 20.8 Å². The number of hydrogen-bond donors (Lipinski definition) is 1. The number of tetrazole rings is 1. The number of anilines is 1. The van der Waals surface area contributed by atoms with E-state index in [1.807, 2.05) is 18.2 Å². The summed E-state index contributed by atoms with van der Waals surface area (Å²) in [5.74, 6) is -0.187. The van der Waals surface area contributed by atoms with E-state index in [9.17, 15) is 9.59 Å². The normalized spacial score (nSPS) is 14.0. The lowest BCUT2D eigenvalue weighted by Crippen LogP contribution is -2.16. The molecule has 1 saturated carbocycles. The summed E-state index contributed by atoms with van der Waals surface area (Å²) in [7, 11) is 0. The van der Waals surface area contributed by atoms with Crippen molar-refractivity contribution in [2.24, 2.45) is 0 Å². The number of Topliss-reactive ketones (excluding diaryl/α,β-unsaturated/α-hetero) is 1. The summed E-state index contributed by atoms with van der Waals surface area (Å²) in [5, 5.41) is 15.7. The van der Waals surface area contributed by atoms with Gasteiger partial charge < -0.3 is 9.73 Å². The number of carbonyl (C=O) groups is 2. The summed E-state index contributed by atoms with van der Waals surface area (Å²) in [4.78, 5) is 24.2. The van der Waals surface area contributed by atoms with Crippen molar-refractivity contribution in [3.63, 3.8) is 0 Å². The van der Waals surface area contributed by atoms with Gasteiger partial charge in [0.1, 0.15) is 5.58 Å². The number of carbonyl (C=O) groups excluding carboxylic acids is 2. The largest absolute Gasteiger partial charge is 0.451 e. The van der Waals surface area contributed by atoms with Crippen LogP contribution in [0.2, 0.25) is 0 Å². The van der Waals surface area contributed by atoms with Gasteiger partial charge in [-0.05, 0) is 35.4 Å². The monoisotopic (exact) mass is 357 g/mol. The van der Waals surface area contributed by atoms with Crippen molar-refractivity contribution < 1.29 is 14.0 Å². The summed E-state index contributed by atoms with van der Waals surface area (Å²) in [6.07, 6.45) is 2.13. The van der Waals surface area contributed by atoms with E-state index < -0.39 is 0 Å². The van der Waals surface area contributed by atoms with Crippen molar-refractivity contribution in [3.05, 3.63) is 30.0 Å². The van der Waals surface area contributed by atoms with Gasteiger partial charge in [0, 0.05) is 12.3 Å². The third-order valence-corrected chi connectivity index (χ3v) is 4.80. The fraction of sp³-hybridized carbons (Fsp3) is 0.312. The Balaban J connectivity index is 1.50. The summed E-state index contributed by atoms with van der Waals surface area (Å²) < 4.78 is 7.32. The van der Waals surface area contributed by atoms with E-state index in [4.69, 9.17) is 4.42 Å². The lowest BCUT2D eigenvalue weighted by atomic mass is 10.2. The van der Waals surface area contributed by atoms with E-state index in [0.29, 0.717) is 27.9 Å². The van der Waals surface area contributed by atoms with E-state index >= 15 is 0 Å². The van der Waals surface area contributed by atoms with Gasteiger partial charge in [0.15, 0.2) is 11.5 Å². The van der Waals surface area contributed by atoms with Gasteiger partial charge in [-0.15, -0.1) is 5.10 Å². The molecule has 0 saturated heterocycles. The van der Waals surface area contributed by atoms with Gasteiger partial charge in [0.05, 0.1) is 17.5 Å². The molecular formula is C16H15N5O3S. The van der Waals surface area contributed by atoms with Crippen LogP contribution in [0.4, 0.5) is 5.69 Å². The smallest absolute Gasteiger partial charge is 0.234 e. The first kappa shape index (κ1) is 15.8. The second-order valence-electron chi connectivity index (χ2n) is 5.83. The highest BCUT2D eigenvalue weighted by molar-refractivity contribution is 7.99.